The zero-order valence-electron chi connectivity index (χ0n) is 17.4. The van der Waals surface area contributed by atoms with Gasteiger partial charge in [-0.05, 0) is 48.3 Å². The number of carboxylic acids is 1. The van der Waals surface area contributed by atoms with Gasteiger partial charge < -0.3 is 20.9 Å². The Balaban J connectivity index is 1.94. The van der Waals surface area contributed by atoms with Crippen molar-refractivity contribution in [3.8, 4) is 5.75 Å². The summed E-state index contributed by atoms with van der Waals surface area (Å²) in [6.07, 6.45) is 0.492. The first-order chi connectivity index (χ1) is 15.4. The van der Waals surface area contributed by atoms with Gasteiger partial charge in [0.1, 0.15) is 12.4 Å². The average molecular weight is 450 g/mol. The van der Waals surface area contributed by atoms with E-state index >= 15 is 0 Å². The normalized spacial score (nSPS) is 12.5. The predicted octanol–water partition coefficient (Wildman–Crippen LogP) is 3.77. The number of ether oxygens (including phenoxy) is 1. The van der Waals surface area contributed by atoms with Crippen LogP contribution in [0.2, 0.25) is 0 Å². The Hall–Kier alpha value is -3.75. The highest BCUT2D eigenvalue weighted by molar-refractivity contribution is 7.09. The third kappa shape index (κ3) is 5.29. The number of carbonyl (C=O) groups is 2. The number of aldehydes is 1. The van der Waals surface area contributed by atoms with E-state index in [9.17, 15) is 14.7 Å². The van der Waals surface area contributed by atoms with Gasteiger partial charge in [0.25, 0.3) is 0 Å². The second-order valence-electron chi connectivity index (χ2n) is 6.91. The lowest BCUT2D eigenvalue weighted by atomic mass is 9.89. The summed E-state index contributed by atoms with van der Waals surface area (Å²) in [6.45, 7) is 0.411. The summed E-state index contributed by atoms with van der Waals surface area (Å²) >= 11 is 1.59. The van der Waals surface area contributed by atoms with E-state index in [0.717, 1.165) is 4.88 Å². The van der Waals surface area contributed by atoms with Crippen molar-refractivity contribution >= 4 is 29.3 Å². The topological polar surface area (TPSA) is 125 Å². The molecule has 0 aliphatic heterocycles. The number of hydrogen-bond acceptors (Lipinski definition) is 7. The Morgan fingerprint density at radius 2 is 1.94 bits per heavy atom. The molecule has 0 aliphatic carbocycles. The molecule has 1 unspecified atom stereocenters. The number of hydrogen-bond donors (Lipinski definition) is 4. The quantitative estimate of drug-likeness (QED) is 0.212. The van der Waals surface area contributed by atoms with Gasteiger partial charge in [-0.1, -0.05) is 30.3 Å². The van der Waals surface area contributed by atoms with Crippen LogP contribution in [0.25, 0.3) is 0 Å². The van der Waals surface area contributed by atoms with Crippen molar-refractivity contribution in [2.75, 3.05) is 7.05 Å². The van der Waals surface area contributed by atoms with Crippen LogP contribution in [0, 0.1) is 5.41 Å². The van der Waals surface area contributed by atoms with Crippen LogP contribution in [0.5, 0.6) is 5.75 Å². The highest BCUT2D eigenvalue weighted by Crippen LogP contribution is 2.28. The minimum Gasteiger partial charge on any atom is -0.488 e. The SMILES string of the molecule is CNC(/C(C(=N)c1cccc(OCc2cccs2)c1)=C(/N)C=O)c1cccc(C(=O)O)c1. The maximum atomic E-state index is 11.6. The minimum absolute atomic E-state index is 0.0382. The van der Waals surface area contributed by atoms with Gasteiger partial charge in [0.2, 0.25) is 0 Å². The molecule has 0 saturated heterocycles. The monoisotopic (exact) mass is 449 g/mol. The maximum Gasteiger partial charge on any atom is 0.335 e. The standard InChI is InChI=1S/C24H23N3O4S/c1-27-23(16-6-2-7-17(11-16)24(29)30)21(20(25)13-28)22(26)15-5-3-8-18(12-15)31-14-19-9-4-10-32-19/h2-13,23,26-27H,14,25H2,1H3,(H,29,30)/b21-20+,26-22?. The number of nitrogens with two attached hydrogens (primary N) is 1. The van der Waals surface area contributed by atoms with Gasteiger partial charge in [0.05, 0.1) is 23.0 Å². The number of carbonyl (C=O) groups excluding carboxylic acids is 1. The largest absolute Gasteiger partial charge is 0.488 e. The molecule has 164 valence electrons. The molecule has 1 aromatic heterocycles. The number of likely N-dealkylation sites (N-methyl/N-ethyl adjacent to an activating group) is 1. The summed E-state index contributed by atoms with van der Waals surface area (Å²) in [6, 6.07) is 16.6. The molecular formula is C24H23N3O4S. The molecule has 0 spiro atoms. The molecule has 5 N–H and O–H groups in total. The molecule has 0 fully saturated rings. The molecule has 0 radical (unpaired) electrons. The van der Waals surface area contributed by atoms with Gasteiger partial charge in [-0.25, -0.2) is 4.79 Å². The van der Waals surface area contributed by atoms with Crippen LogP contribution >= 0.6 is 11.3 Å². The fraction of sp³-hybridized carbons (Fsp3) is 0.125. The van der Waals surface area contributed by atoms with Gasteiger partial charge in [-0.2, -0.15) is 0 Å². The first-order valence-electron chi connectivity index (χ1n) is 9.74. The van der Waals surface area contributed by atoms with E-state index in [1.807, 2.05) is 17.5 Å². The minimum atomic E-state index is -1.07. The molecule has 0 saturated carbocycles. The summed E-state index contributed by atoms with van der Waals surface area (Å²) in [7, 11) is 1.66. The van der Waals surface area contributed by atoms with E-state index in [1.54, 1.807) is 54.8 Å². The molecule has 1 atom stereocenters. The number of benzene rings is 2. The zero-order valence-corrected chi connectivity index (χ0v) is 18.2. The highest BCUT2D eigenvalue weighted by Gasteiger charge is 2.24. The average Bonchev–Trinajstić information content (AvgIpc) is 3.34. The summed E-state index contributed by atoms with van der Waals surface area (Å²) in [5.74, 6) is -0.486. The van der Waals surface area contributed by atoms with E-state index < -0.39 is 12.0 Å². The summed E-state index contributed by atoms with van der Waals surface area (Å²) in [5.41, 5.74) is 7.38. The third-order valence-corrected chi connectivity index (χ3v) is 5.69. The van der Waals surface area contributed by atoms with Crippen molar-refractivity contribution in [1.29, 1.82) is 5.41 Å². The lowest BCUT2D eigenvalue weighted by Crippen LogP contribution is -2.27. The van der Waals surface area contributed by atoms with Gasteiger partial charge >= 0.3 is 5.97 Å². The highest BCUT2D eigenvalue weighted by atomic mass is 32.1. The lowest BCUT2D eigenvalue weighted by molar-refractivity contribution is -0.105. The van der Waals surface area contributed by atoms with Crippen LogP contribution < -0.4 is 15.8 Å². The molecule has 3 rings (SSSR count). The van der Waals surface area contributed by atoms with Gasteiger partial charge in [-0.3, -0.25) is 10.2 Å². The number of allylic oxidation sites excluding steroid dienone is 1. The van der Waals surface area contributed by atoms with Crippen LogP contribution in [-0.2, 0) is 11.4 Å². The van der Waals surface area contributed by atoms with Crippen LogP contribution in [-0.4, -0.2) is 30.1 Å². The molecule has 0 amide bonds. The summed E-state index contributed by atoms with van der Waals surface area (Å²) in [4.78, 5) is 24.1. The van der Waals surface area contributed by atoms with Crippen molar-refractivity contribution in [2.45, 2.75) is 12.6 Å². The molecule has 0 bridgehead atoms. The predicted molar refractivity (Wildman–Crippen MR) is 124 cm³/mol. The van der Waals surface area contributed by atoms with Crippen LogP contribution in [0.1, 0.15) is 32.4 Å². The van der Waals surface area contributed by atoms with Crippen LogP contribution in [0.4, 0.5) is 0 Å². The molecule has 1 heterocycles. The van der Waals surface area contributed by atoms with Crippen molar-refractivity contribution in [1.82, 2.24) is 5.32 Å². The van der Waals surface area contributed by atoms with E-state index in [1.165, 1.54) is 12.1 Å². The second kappa shape index (κ2) is 10.5. The molecule has 7 nitrogen and oxygen atoms in total. The third-order valence-electron chi connectivity index (χ3n) is 4.84. The van der Waals surface area contributed by atoms with E-state index in [-0.39, 0.29) is 22.5 Å². The van der Waals surface area contributed by atoms with Crippen molar-refractivity contribution in [3.63, 3.8) is 0 Å². The van der Waals surface area contributed by atoms with Crippen molar-refractivity contribution in [2.24, 2.45) is 5.73 Å². The molecule has 32 heavy (non-hydrogen) atoms. The number of carboxylic acid groups (broad SMARTS) is 1. The van der Waals surface area contributed by atoms with E-state index in [4.69, 9.17) is 15.9 Å². The first-order valence-corrected chi connectivity index (χ1v) is 10.6. The molecule has 2 aromatic carbocycles. The number of nitrogens with one attached hydrogen (secondary N) is 2. The zero-order chi connectivity index (χ0) is 23.1. The van der Waals surface area contributed by atoms with Gasteiger partial charge in [-0.15, -0.1) is 11.3 Å². The number of thiophene rings is 1. The Bertz CT molecular complexity index is 1160. The Morgan fingerprint density at radius 1 is 1.19 bits per heavy atom. The summed E-state index contributed by atoms with van der Waals surface area (Å²) in [5, 5.41) is 23.2. The smallest absolute Gasteiger partial charge is 0.335 e. The van der Waals surface area contributed by atoms with Gasteiger partial charge in [0.15, 0.2) is 6.29 Å². The lowest BCUT2D eigenvalue weighted by Gasteiger charge is -2.23. The Kier molecular flexibility index (Phi) is 7.54. The van der Waals surface area contributed by atoms with E-state index in [2.05, 4.69) is 5.32 Å². The second-order valence-corrected chi connectivity index (χ2v) is 7.94. The Labute approximate surface area is 189 Å². The molecular weight excluding hydrogens is 426 g/mol. The number of rotatable bonds is 10. The Morgan fingerprint density at radius 3 is 2.59 bits per heavy atom. The van der Waals surface area contributed by atoms with Gasteiger partial charge in [0, 0.05) is 16.0 Å². The van der Waals surface area contributed by atoms with Crippen molar-refractivity contribution < 1.29 is 19.4 Å². The van der Waals surface area contributed by atoms with Crippen LogP contribution in [0.3, 0.4) is 0 Å². The number of aromatic carboxylic acids is 1. The summed E-state index contributed by atoms with van der Waals surface area (Å²) < 4.78 is 5.84. The van der Waals surface area contributed by atoms with Crippen LogP contribution in [0.15, 0.2) is 77.3 Å². The fourth-order valence-corrected chi connectivity index (χ4v) is 3.91. The first kappa shape index (κ1) is 22.9. The fourth-order valence-electron chi connectivity index (χ4n) is 3.29. The maximum absolute atomic E-state index is 11.6. The molecule has 0 aliphatic rings. The molecule has 8 heteroatoms. The molecule has 3 aromatic rings. The van der Waals surface area contributed by atoms with E-state index in [0.29, 0.717) is 29.8 Å². The van der Waals surface area contributed by atoms with Crippen molar-refractivity contribution in [3.05, 3.63) is 98.9 Å².